The summed E-state index contributed by atoms with van der Waals surface area (Å²) in [7, 11) is 1.64. The van der Waals surface area contributed by atoms with Gasteiger partial charge in [-0.3, -0.25) is 9.69 Å². The topological polar surface area (TPSA) is 53.0 Å². The van der Waals surface area contributed by atoms with Crippen LogP contribution < -0.4 is 4.74 Å². The van der Waals surface area contributed by atoms with Crippen LogP contribution in [0.3, 0.4) is 0 Å². The fraction of sp³-hybridized carbons (Fsp3) is 0.632. The fourth-order valence-corrected chi connectivity index (χ4v) is 3.97. The number of piperazine rings is 1. The fourth-order valence-electron chi connectivity index (χ4n) is 3.97. The highest BCUT2D eigenvalue weighted by atomic mass is 16.5. The molecule has 5 heteroatoms. The van der Waals surface area contributed by atoms with Crippen molar-refractivity contribution in [3.05, 3.63) is 29.3 Å². The van der Waals surface area contributed by atoms with E-state index in [0.29, 0.717) is 12.5 Å². The summed E-state index contributed by atoms with van der Waals surface area (Å²) in [6.45, 7) is 5.24. The van der Waals surface area contributed by atoms with Crippen LogP contribution in [0.1, 0.15) is 30.4 Å². The van der Waals surface area contributed by atoms with Crippen molar-refractivity contribution in [1.29, 1.82) is 0 Å². The average Bonchev–Trinajstić information content (AvgIpc) is 3.01. The van der Waals surface area contributed by atoms with Crippen molar-refractivity contribution in [2.75, 3.05) is 33.3 Å². The number of nitrogens with zero attached hydrogens (tertiary/aromatic N) is 2. The van der Waals surface area contributed by atoms with E-state index in [2.05, 4.69) is 4.90 Å². The van der Waals surface area contributed by atoms with E-state index in [0.717, 1.165) is 62.3 Å². The molecule has 2 atom stereocenters. The monoisotopic (exact) mass is 332 g/mol. The number of hydrogen-bond acceptors (Lipinski definition) is 4. The summed E-state index contributed by atoms with van der Waals surface area (Å²) in [6, 6.07) is 6.25. The summed E-state index contributed by atoms with van der Waals surface area (Å²) in [5, 5.41) is 10.1. The van der Waals surface area contributed by atoms with Crippen LogP contribution in [-0.4, -0.2) is 66.2 Å². The Kier molecular flexibility index (Phi) is 5.41. The van der Waals surface area contributed by atoms with E-state index < -0.39 is 0 Å². The number of carbonyl (C=O) groups excluding carboxylic acids is 1. The van der Waals surface area contributed by atoms with Crippen molar-refractivity contribution in [3.63, 3.8) is 0 Å². The van der Waals surface area contributed by atoms with Gasteiger partial charge in [0.15, 0.2) is 0 Å². The second kappa shape index (κ2) is 7.53. The summed E-state index contributed by atoms with van der Waals surface area (Å²) in [5.41, 5.74) is 2.09. The van der Waals surface area contributed by atoms with Gasteiger partial charge >= 0.3 is 0 Å². The Morgan fingerprint density at radius 2 is 2.00 bits per heavy atom. The lowest BCUT2D eigenvalue weighted by atomic mass is 10.1. The molecule has 0 aromatic heterocycles. The molecule has 24 heavy (non-hydrogen) atoms. The normalized spacial score (nSPS) is 25.0. The number of carbonyl (C=O) groups is 1. The third-order valence-electron chi connectivity index (χ3n) is 5.36. The number of hydrogen-bond donors (Lipinski definition) is 1. The lowest BCUT2D eigenvalue weighted by Gasteiger charge is -2.39. The molecular weight excluding hydrogens is 304 g/mol. The quantitative estimate of drug-likeness (QED) is 0.910. The Labute approximate surface area is 144 Å². The highest BCUT2D eigenvalue weighted by Gasteiger charge is 2.33. The maximum atomic E-state index is 12.6. The summed E-state index contributed by atoms with van der Waals surface area (Å²) in [6.07, 6.45) is 3.30. The molecule has 1 aliphatic heterocycles. The van der Waals surface area contributed by atoms with Crippen LogP contribution in [0.25, 0.3) is 0 Å². The standard InChI is InChI=1S/C19H28N2O3/c1-14-6-7-18(24-2)15(12-14)13-19(23)21-10-8-20(9-11-21)16-4-3-5-17(16)22/h6-7,12,16-17,22H,3-5,8-11,13H2,1-2H3/t16-,17+/m1/s1. The van der Waals surface area contributed by atoms with Gasteiger partial charge in [-0.15, -0.1) is 0 Å². The molecule has 1 saturated heterocycles. The molecule has 1 aromatic carbocycles. The zero-order valence-electron chi connectivity index (χ0n) is 14.7. The Bertz CT molecular complexity index is 582. The summed E-state index contributed by atoms with van der Waals surface area (Å²) in [5.74, 6) is 0.937. The van der Waals surface area contributed by atoms with Gasteiger partial charge in [0, 0.05) is 37.8 Å². The highest BCUT2D eigenvalue weighted by molar-refractivity contribution is 5.79. The van der Waals surface area contributed by atoms with E-state index in [1.807, 2.05) is 30.0 Å². The molecule has 1 heterocycles. The third kappa shape index (κ3) is 3.73. The van der Waals surface area contributed by atoms with Crippen LogP contribution in [0.5, 0.6) is 5.75 Å². The van der Waals surface area contributed by atoms with Crippen molar-refractivity contribution in [2.45, 2.75) is 44.8 Å². The van der Waals surface area contributed by atoms with Gasteiger partial charge in [0.2, 0.25) is 5.91 Å². The van der Waals surface area contributed by atoms with Gasteiger partial charge in [0.1, 0.15) is 5.75 Å². The van der Waals surface area contributed by atoms with Crippen molar-refractivity contribution >= 4 is 5.91 Å². The largest absolute Gasteiger partial charge is 0.496 e. The van der Waals surface area contributed by atoms with E-state index in [1.165, 1.54) is 0 Å². The van der Waals surface area contributed by atoms with Gasteiger partial charge in [0.05, 0.1) is 19.6 Å². The predicted octanol–water partition coefficient (Wildman–Crippen LogP) is 1.60. The number of benzene rings is 1. The van der Waals surface area contributed by atoms with Gasteiger partial charge in [-0.05, 0) is 32.3 Å². The predicted molar refractivity (Wildman–Crippen MR) is 93.2 cm³/mol. The molecule has 0 unspecified atom stereocenters. The van der Waals surface area contributed by atoms with Gasteiger partial charge in [-0.25, -0.2) is 0 Å². The van der Waals surface area contributed by atoms with Gasteiger partial charge in [-0.1, -0.05) is 17.7 Å². The average molecular weight is 332 g/mol. The number of aliphatic hydroxyl groups is 1. The van der Waals surface area contributed by atoms with Crippen LogP contribution in [0.15, 0.2) is 18.2 Å². The smallest absolute Gasteiger partial charge is 0.227 e. The van der Waals surface area contributed by atoms with E-state index in [-0.39, 0.29) is 12.0 Å². The number of aliphatic hydroxyl groups excluding tert-OH is 1. The second-order valence-electron chi connectivity index (χ2n) is 6.97. The van der Waals surface area contributed by atoms with E-state index in [4.69, 9.17) is 4.74 Å². The molecule has 132 valence electrons. The SMILES string of the molecule is COc1ccc(C)cc1CC(=O)N1CCN([C@@H]2CCC[C@@H]2O)CC1. The zero-order chi connectivity index (χ0) is 17.1. The van der Waals surface area contributed by atoms with Crippen LogP contribution in [0, 0.1) is 6.92 Å². The lowest BCUT2D eigenvalue weighted by molar-refractivity contribution is -0.132. The van der Waals surface area contributed by atoms with Crippen molar-refractivity contribution in [3.8, 4) is 5.75 Å². The minimum Gasteiger partial charge on any atom is -0.496 e. The molecule has 1 saturated carbocycles. The zero-order valence-corrected chi connectivity index (χ0v) is 14.7. The Balaban J connectivity index is 1.56. The lowest BCUT2D eigenvalue weighted by Crippen LogP contribution is -2.53. The first-order valence-electron chi connectivity index (χ1n) is 8.92. The minimum atomic E-state index is -0.191. The molecule has 2 fully saturated rings. The number of ether oxygens (including phenoxy) is 1. The summed E-state index contributed by atoms with van der Waals surface area (Å²) < 4.78 is 5.38. The maximum absolute atomic E-state index is 12.6. The van der Waals surface area contributed by atoms with Crippen LogP contribution in [0.2, 0.25) is 0 Å². The first kappa shape index (κ1) is 17.2. The van der Waals surface area contributed by atoms with Gasteiger partial charge in [-0.2, -0.15) is 0 Å². The van der Waals surface area contributed by atoms with Crippen LogP contribution in [0.4, 0.5) is 0 Å². The van der Waals surface area contributed by atoms with Crippen molar-refractivity contribution in [2.24, 2.45) is 0 Å². The molecule has 1 aromatic rings. The minimum absolute atomic E-state index is 0.158. The number of aryl methyl sites for hydroxylation is 1. The van der Waals surface area contributed by atoms with Crippen LogP contribution >= 0.6 is 0 Å². The molecule has 1 amide bonds. The van der Waals surface area contributed by atoms with E-state index >= 15 is 0 Å². The van der Waals surface area contributed by atoms with Crippen molar-refractivity contribution < 1.29 is 14.6 Å². The Hall–Kier alpha value is -1.59. The van der Waals surface area contributed by atoms with E-state index in [1.54, 1.807) is 7.11 Å². The molecule has 0 radical (unpaired) electrons. The molecule has 0 bridgehead atoms. The van der Waals surface area contributed by atoms with Crippen LogP contribution in [-0.2, 0) is 11.2 Å². The molecular formula is C19H28N2O3. The van der Waals surface area contributed by atoms with Gasteiger partial charge < -0.3 is 14.7 Å². The Morgan fingerprint density at radius 1 is 1.25 bits per heavy atom. The number of amides is 1. The molecule has 5 nitrogen and oxygen atoms in total. The molecule has 0 spiro atoms. The third-order valence-corrected chi connectivity index (χ3v) is 5.36. The summed E-state index contributed by atoms with van der Waals surface area (Å²) >= 11 is 0. The molecule has 1 N–H and O–H groups in total. The van der Waals surface area contributed by atoms with Gasteiger partial charge in [0.25, 0.3) is 0 Å². The second-order valence-corrected chi connectivity index (χ2v) is 6.97. The first-order valence-corrected chi connectivity index (χ1v) is 8.92. The molecule has 1 aliphatic carbocycles. The number of methoxy groups -OCH3 is 1. The van der Waals surface area contributed by atoms with Crippen molar-refractivity contribution in [1.82, 2.24) is 9.80 Å². The highest BCUT2D eigenvalue weighted by Crippen LogP contribution is 2.25. The summed E-state index contributed by atoms with van der Waals surface area (Å²) in [4.78, 5) is 16.9. The first-order chi connectivity index (χ1) is 11.6. The number of rotatable bonds is 4. The maximum Gasteiger partial charge on any atom is 0.227 e. The van der Waals surface area contributed by atoms with E-state index in [9.17, 15) is 9.90 Å². The Morgan fingerprint density at radius 3 is 2.62 bits per heavy atom. The molecule has 3 rings (SSSR count). The molecule has 2 aliphatic rings.